The molecule has 0 aromatic heterocycles. The second-order valence-corrected chi connectivity index (χ2v) is 0.283. The van der Waals surface area contributed by atoms with E-state index in [1.54, 1.807) is 0 Å². The van der Waals surface area contributed by atoms with Crippen LogP contribution in [0.5, 0.6) is 0 Å². The van der Waals surface area contributed by atoms with E-state index < -0.39 is 6.16 Å². The van der Waals surface area contributed by atoms with Crippen molar-refractivity contribution < 1.29 is 32.1 Å². The first-order valence-corrected chi connectivity index (χ1v) is 0.651. The summed E-state index contributed by atoms with van der Waals surface area (Å²) in [6, 6.07) is 0. The zero-order chi connectivity index (χ0) is 3.58. The molecule has 0 saturated carbocycles. The molecule has 0 aliphatic heterocycles. The van der Waals surface area contributed by atoms with E-state index in [-0.39, 0.29) is 44.4 Å². The molecule has 0 aliphatic rings. The Balaban J connectivity index is -0.0000000450. The summed E-state index contributed by atoms with van der Waals surface area (Å²) >= 11 is 0. The average Bonchev–Trinajstić information content (AvgIpc) is 0.811. The van der Waals surface area contributed by atoms with Crippen molar-refractivity contribution in [3.8, 4) is 0 Å². The Hall–Kier alpha value is 0.712. The minimum atomic E-state index is -1.83. The van der Waals surface area contributed by atoms with Crippen LogP contribution in [0.3, 0.4) is 0 Å². The first kappa shape index (κ1) is 15.9. The van der Waals surface area contributed by atoms with Crippen LogP contribution in [0.15, 0.2) is 0 Å². The van der Waals surface area contributed by atoms with Crippen LogP contribution in [-0.4, -0.2) is 43.7 Å². The molecule has 0 saturated heterocycles. The van der Waals surface area contributed by atoms with E-state index in [1.807, 2.05) is 0 Å². The van der Waals surface area contributed by atoms with Gasteiger partial charge in [-0.1, -0.05) is 0 Å². The van der Waals surface area contributed by atoms with E-state index in [2.05, 4.69) is 0 Å². The van der Waals surface area contributed by atoms with Crippen LogP contribution < -0.4 is 0 Å². The van der Waals surface area contributed by atoms with Gasteiger partial charge in [-0.25, -0.2) is 4.79 Å². The van der Waals surface area contributed by atoms with Gasteiger partial charge in [0, 0.05) is 17.1 Å². The molecule has 0 unspecified atom stereocenters. The molecule has 5 heteroatoms. The Kier molecular flexibility index (Phi) is 24.4. The molecule has 0 aliphatic carbocycles. The molecule has 3 radical (unpaired) electrons. The van der Waals surface area contributed by atoms with Gasteiger partial charge in [0.1, 0.15) is 0 Å². The second kappa shape index (κ2) is 9.20. The zero-order valence-electron chi connectivity index (χ0n) is 2.89. The van der Waals surface area contributed by atoms with Gasteiger partial charge in [0.15, 0.2) is 0 Å². The van der Waals surface area contributed by atoms with Crippen molar-refractivity contribution in [2.45, 2.75) is 0 Å². The van der Waals surface area contributed by atoms with Crippen LogP contribution in [0.25, 0.3) is 0 Å². The van der Waals surface area contributed by atoms with E-state index in [4.69, 9.17) is 15.0 Å². The molecular weight excluding hydrogens is 322 g/mol. The quantitative estimate of drug-likeness (QED) is 0.579. The van der Waals surface area contributed by atoms with Crippen molar-refractivity contribution in [3.63, 3.8) is 0 Å². The standard InChI is InChI=1S/CH2O3.Mn.Pb.2H/c2-1(3)4;;;;/h(H2,2,3,4);;;;. The predicted molar refractivity (Wildman–Crippen MR) is 19.2 cm³/mol. The van der Waals surface area contributed by atoms with E-state index >= 15 is 0 Å². The maximum atomic E-state index is 8.56. The summed E-state index contributed by atoms with van der Waals surface area (Å²) in [6.45, 7) is 0. The number of carboxylic acid groups (broad SMARTS) is 2. The van der Waals surface area contributed by atoms with Gasteiger partial charge in [-0.3, -0.25) is 0 Å². The molecule has 0 spiro atoms. The summed E-state index contributed by atoms with van der Waals surface area (Å²) in [6.07, 6.45) is -1.83. The molecule has 0 aromatic carbocycles. The third-order valence-electron chi connectivity index (χ3n) is 0. The van der Waals surface area contributed by atoms with Gasteiger partial charge in [-0.2, -0.15) is 0 Å². The molecule has 0 heterocycles. The molecule has 0 amide bonds. The summed E-state index contributed by atoms with van der Waals surface area (Å²) in [5.74, 6) is 0. The van der Waals surface area contributed by atoms with Gasteiger partial charge >= 0.3 is 33.5 Å². The first-order valence-electron chi connectivity index (χ1n) is 0.651. The fourth-order valence-electron chi connectivity index (χ4n) is 0. The van der Waals surface area contributed by atoms with Gasteiger partial charge in [-0.15, -0.1) is 0 Å². The summed E-state index contributed by atoms with van der Waals surface area (Å²) < 4.78 is 0. The van der Waals surface area contributed by atoms with Gasteiger partial charge < -0.3 is 10.2 Å². The fraction of sp³-hybridized carbons (Fsp3) is 0. The van der Waals surface area contributed by atoms with Crippen LogP contribution >= 0.6 is 0 Å². The molecular formula is CH4MnO3Pb. The number of carbonyl (C=O) groups is 1. The van der Waals surface area contributed by atoms with Crippen LogP contribution in [0.2, 0.25) is 0 Å². The SMILES string of the molecule is O=C(O)O.[Mn].[PbH2]. The monoisotopic (exact) mass is 327 g/mol. The summed E-state index contributed by atoms with van der Waals surface area (Å²) in [4.78, 5) is 8.56. The average molecular weight is 326 g/mol. The van der Waals surface area contributed by atoms with E-state index in [1.165, 1.54) is 0 Å². The minimum absolute atomic E-state index is 0. The molecule has 37 valence electrons. The Morgan fingerprint density at radius 1 is 1.33 bits per heavy atom. The van der Waals surface area contributed by atoms with E-state index in [0.717, 1.165) is 0 Å². The Morgan fingerprint density at radius 2 is 1.33 bits per heavy atom. The molecule has 3 nitrogen and oxygen atoms in total. The number of rotatable bonds is 0. The number of hydrogen-bond acceptors (Lipinski definition) is 1. The van der Waals surface area contributed by atoms with Crippen molar-refractivity contribution in [2.75, 3.05) is 0 Å². The molecule has 2 N–H and O–H groups in total. The van der Waals surface area contributed by atoms with Gasteiger partial charge in [0.25, 0.3) is 0 Å². The van der Waals surface area contributed by atoms with Crippen LogP contribution in [-0.2, 0) is 17.1 Å². The molecule has 0 aromatic rings. The maximum absolute atomic E-state index is 8.56. The molecule has 0 bridgehead atoms. The van der Waals surface area contributed by atoms with E-state index in [0.29, 0.717) is 0 Å². The van der Waals surface area contributed by atoms with Crippen molar-refractivity contribution in [2.24, 2.45) is 0 Å². The number of hydrogen-bond donors (Lipinski definition) is 2. The van der Waals surface area contributed by atoms with Crippen molar-refractivity contribution in [1.82, 2.24) is 0 Å². The van der Waals surface area contributed by atoms with Crippen LogP contribution in [0.1, 0.15) is 0 Å². The summed E-state index contributed by atoms with van der Waals surface area (Å²) in [5.41, 5.74) is 0. The second-order valence-electron chi connectivity index (χ2n) is 0.283. The van der Waals surface area contributed by atoms with Crippen molar-refractivity contribution in [3.05, 3.63) is 0 Å². The van der Waals surface area contributed by atoms with E-state index in [9.17, 15) is 0 Å². The predicted octanol–water partition coefficient (Wildman–Crippen LogP) is -0.696. The molecule has 0 fully saturated rings. The van der Waals surface area contributed by atoms with Gasteiger partial charge in [0.2, 0.25) is 0 Å². The third-order valence-corrected chi connectivity index (χ3v) is 0. The topological polar surface area (TPSA) is 57.5 Å². The molecule has 0 atom stereocenters. The summed E-state index contributed by atoms with van der Waals surface area (Å²) in [5, 5.41) is 13.9. The fourth-order valence-corrected chi connectivity index (χ4v) is 0. The van der Waals surface area contributed by atoms with Crippen LogP contribution in [0, 0.1) is 0 Å². The van der Waals surface area contributed by atoms with Crippen LogP contribution in [0.4, 0.5) is 4.79 Å². The normalized spacial score (nSPS) is 4.00. The molecule has 6 heavy (non-hydrogen) atoms. The Morgan fingerprint density at radius 3 is 1.33 bits per heavy atom. The molecule has 0 rings (SSSR count). The Labute approximate surface area is 65.4 Å². The van der Waals surface area contributed by atoms with Gasteiger partial charge in [0.05, 0.1) is 0 Å². The Bertz CT molecular complexity index is 33.8. The zero-order valence-corrected chi connectivity index (χ0v) is 9.57. The van der Waals surface area contributed by atoms with Crippen molar-refractivity contribution >= 4 is 33.5 Å². The first-order chi connectivity index (χ1) is 1.73. The van der Waals surface area contributed by atoms with Crippen molar-refractivity contribution in [1.29, 1.82) is 0 Å². The summed E-state index contributed by atoms with van der Waals surface area (Å²) in [7, 11) is 0. The third kappa shape index (κ3) is 128. The van der Waals surface area contributed by atoms with Gasteiger partial charge in [-0.05, 0) is 0 Å².